The lowest BCUT2D eigenvalue weighted by molar-refractivity contribution is 0.256. The number of carbonyl (C=O) groups is 1. The molecule has 3 rings (SSSR count). The smallest absolute Gasteiger partial charge is 0.328 e. The van der Waals surface area contributed by atoms with E-state index in [-0.39, 0.29) is 6.03 Å². The van der Waals surface area contributed by atoms with Gasteiger partial charge in [-0.2, -0.15) is 0 Å². The lowest BCUT2D eigenvalue weighted by atomic mass is 10.2. The van der Waals surface area contributed by atoms with Crippen LogP contribution in [0.15, 0.2) is 41.1 Å². The molecule has 1 aromatic heterocycles. The molecule has 17 heavy (non-hydrogen) atoms. The van der Waals surface area contributed by atoms with Crippen molar-refractivity contribution >= 4 is 17.6 Å². The van der Waals surface area contributed by atoms with E-state index < -0.39 is 0 Å². The molecule has 0 saturated carbocycles. The lowest BCUT2D eigenvalue weighted by Crippen LogP contribution is -2.33. The summed E-state index contributed by atoms with van der Waals surface area (Å²) in [6.45, 7) is 0.694. The first kappa shape index (κ1) is 9.89. The Hall–Kier alpha value is -2.30. The Morgan fingerprint density at radius 3 is 3.06 bits per heavy atom. The topological polar surface area (TPSA) is 58.4 Å². The number of nitrogens with one attached hydrogen (secondary N) is 1. The van der Waals surface area contributed by atoms with Crippen LogP contribution in [-0.4, -0.2) is 17.7 Å². The molecule has 2 heterocycles. The highest BCUT2D eigenvalue weighted by Crippen LogP contribution is 2.27. The largest absolute Gasteiger partial charge is 0.338 e. The van der Waals surface area contributed by atoms with Crippen molar-refractivity contribution in [2.24, 2.45) is 0 Å². The number of para-hydroxylation sites is 1. The van der Waals surface area contributed by atoms with Crippen LogP contribution in [0, 0.1) is 0 Å². The third kappa shape index (κ3) is 1.75. The maximum absolute atomic E-state index is 12.0. The van der Waals surface area contributed by atoms with Crippen LogP contribution in [0.3, 0.4) is 0 Å². The second kappa shape index (κ2) is 3.93. The molecule has 0 bridgehead atoms. The predicted molar refractivity (Wildman–Crippen MR) is 63.0 cm³/mol. The Labute approximate surface area is 98.0 Å². The Balaban J connectivity index is 1.80. The summed E-state index contributed by atoms with van der Waals surface area (Å²) >= 11 is 0. The number of carbonyl (C=O) groups excluding carboxylic acids is 1. The molecule has 0 unspecified atom stereocenters. The third-order valence-electron chi connectivity index (χ3n) is 2.80. The van der Waals surface area contributed by atoms with Crippen molar-refractivity contribution in [3.63, 3.8) is 0 Å². The molecule has 1 N–H and O–H groups in total. The molecular formula is C12H11N3O2. The van der Waals surface area contributed by atoms with Gasteiger partial charge in [-0.3, -0.25) is 10.2 Å². The number of hydrogen-bond donors (Lipinski definition) is 1. The van der Waals surface area contributed by atoms with Gasteiger partial charge in [0.15, 0.2) is 0 Å². The lowest BCUT2D eigenvalue weighted by Gasteiger charge is -2.16. The highest BCUT2D eigenvalue weighted by Gasteiger charge is 2.24. The van der Waals surface area contributed by atoms with Gasteiger partial charge in [0.25, 0.3) is 0 Å². The van der Waals surface area contributed by atoms with Crippen LogP contribution in [0.2, 0.25) is 0 Å². The van der Waals surface area contributed by atoms with E-state index in [1.807, 2.05) is 24.3 Å². The standard InChI is InChI=1S/C12H11N3O2/c16-12(14-11-5-7-13-17-11)15-8-6-9-3-1-2-4-10(9)15/h1-5,7H,6,8H2,(H,14,16). The highest BCUT2D eigenvalue weighted by molar-refractivity contribution is 6.02. The molecule has 1 aliphatic rings. The number of nitrogens with zero attached hydrogens (tertiary/aromatic N) is 2. The second-order valence-corrected chi connectivity index (χ2v) is 3.84. The van der Waals surface area contributed by atoms with Crippen LogP contribution in [0.4, 0.5) is 16.4 Å². The zero-order valence-corrected chi connectivity index (χ0v) is 9.09. The molecule has 1 aromatic carbocycles. The summed E-state index contributed by atoms with van der Waals surface area (Å²) in [5, 5.41) is 6.20. The maximum atomic E-state index is 12.0. The van der Waals surface area contributed by atoms with Crippen molar-refractivity contribution in [1.82, 2.24) is 5.16 Å². The van der Waals surface area contributed by atoms with Crippen LogP contribution in [0.5, 0.6) is 0 Å². The van der Waals surface area contributed by atoms with Crippen molar-refractivity contribution < 1.29 is 9.32 Å². The molecule has 0 fully saturated rings. The van der Waals surface area contributed by atoms with Crippen LogP contribution in [-0.2, 0) is 6.42 Å². The minimum Gasteiger partial charge on any atom is -0.338 e. The minimum atomic E-state index is -0.188. The van der Waals surface area contributed by atoms with Crippen molar-refractivity contribution in [3.05, 3.63) is 42.1 Å². The van der Waals surface area contributed by atoms with Gasteiger partial charge in [-0.05, 0) is 18.1 Å². The van der Waals surface area contributed by atoms with Gasteiger partial charge in [-0.15, -0.1) is 0 Å². The molecule has 0 radical (unpaired) electrons. The van der Waals surface area contributed by atoms with Gasteiger partial charge in [0, 0.05) is 18.3 Å². The number of benzene rings is 1. The minimum absolute atomic E-state index is 0.188. The zero-order chi connectivity index (χ0) is 11.7. The monoisotopic (exact) mass is 229 g/mol. The van der Waals surface area contributed by atoms with Crippen LogP contribution in [0.25, 0.3) is 0 Å². The SMILES string of the molecule is O=C(Nc1ccno1)N1CCc2ccccc21. The van der Waals surface area contributed by atoms with E-state index in [1.54, 1.807) is 11.0 Å². The summed E-state index contributed by atoms with van der Waals surface area (Å²) in [7, 11) is 0. The quantitative estimate of drug-likeness (QED) is 0.816. The summed E-state index contributed by atoms with van der Waals surface area (Å²) in [6, 6.07) is 9.32. The van der Waals surface area contributed by atoms with Gasteiger partial charge in [0.1, 0.15) is 0 Å². The van der Waals surface area contributed by atoms with Crippen LogP contribution in [0.1, 0.15) is 5.56 Å². The highest BCUT2D eigenvalue weighted by atomic mass is 16.5. The van der Waals surface area contributed by atoms with Gasteiger partial charge in [-0.1, -0.05) is 23.4 Å². The van der Waals surface area contributed by atoms with Crippen molar-refractivity contribution in [2.45, 2.75) is 6.42 Å². The maximum Gasteiger partial charge on any atom is 0.328 e. The van der Waals surface area contributed by atoms with Crippen molar-refractivity contribution in [1.29, 1.82) is 0 Å². The fourth-order valence-electron chi connectivity index (χ4n) is 2.00. The molecule has 0 spiro atoms. The number of fused-ring (bicyclic) bond motifs is 1. The van der Waals surface area contributed by atoms with E-state index in [9.17, 15) is 4.79 Å². The fraction of sp³-hybridized carbons (Fsp3) is 0.167. The molecule has 1 aliphatic heterocycles. The average molecular weight is 229 g/mol. The predicted octanol–water partition coefficient (Wildman–Crippen LogP) is 2.27. The summed E-state index contributed by atoms with van der Waals surface area (Å²) in [6.07, 6.45) is 2.38. The zero-order valence-electron chi connectivity index (χ0n) is 9.09. The van der Waals surface area contributed by atoms with E-state index in [4.69, 9.17) is 4.52 Å². The Morgan fingerprint density at radius 1 is 1.35 bits per heavy atom. The first-order valence-corrected chi connectivity index (χ1v) is 5.42. The van der Waals surface area contributed by atoms with E-state index >= 15 is 0 Å². The molecule has 5 nitrogen and oxygen atoms in total. The molecule has 2 aromatic rings. The molecule has 2 amide bonds. The summed E-state index contributed by atoms with van der Waals surface area (Å²) in [5.41, 5.74) is 2.16. The summed E-state index contributed by atoms with van der Waals surface area (Å²) < 4.78 is 4.84. The Morgan fingerprint density at radius 2 is 2.24 bits per heavy atom. The van der Waals surface area contributed by atoms with Crippen LogP contribution < -0.4 is 10.2 Å². The van der Waals surface area contributed by atoms with Crippen LogP contribution >= 0.6 is 0 Å². The molecule has 0 atom stereocenters. The molecule has 0 saturated heterocycles. The fourth-order valence-corrected chi connectivity index (χ4v) is 2.00. The summed E-state index contributed by atoms with van der Waals surface area (Å²) in [4.78, 5) is 13.7. The van der Waals surface area contributed by atoms with Gasteiger partial charge in [-0.25, -0.2) is 4.79 Å². The average Bonchev–Trinajstić information content (AvgIpc) is 2.96. The molecule has 5 heteroatoms. The van der Waals surface area contributed by atoms with Gasteiger partial charge < -0.3 is 4.52 Å². The van der Waals surface area contributed by atoms with Crippen molar-refractivity contribution in [3.8, 4) is 0 Å². The molecule has 86 valence electrons. The van der Waals surface area contributed by atoms with E-state index in [0.29, 0.717) is 12.4 Å². The van der Waals surface area contributed by atoms with Crippen molar-refractivity contribution in [2.75, 3.05) is 16.8 Å². The Bertz CT molecular complexity index is 536. The summed E-state index contributed by atoms with van der Waals surface area (Å²) in [5.74, 6) is 0.361. The number of urea groups is 1. The first-order chi connectivity index (χ1) is 8.34. The number of hydrogen-bond acceptors (Lipinski definition) is 3. The van der Waals surface area contributed by atoms with E-state index in [0.717, 1.165) is 12.1 Å². The van der Waals surface area contributed by atoms with E-state index in [2.05, 4.69) is 10.5 Å². The van der Waals surface area contributed by atoms with Gasteiger partial charge in [0.05, 0.1) is 6.20 Å². The number of aromatic nitrogens is 1. The van der Waals surface area contributed by atoms with E-state index in [1.165, 1.54) is 11.8 Å². The second-order valence-electron chi connectivity index (χ2n) is 3.84. The number of anilines is 2. The first-order valence-electron chi connectivity index (χ1n) is 5.42. The molecular weight excluding hydrogens is 218 g/mol. The normalized spacial score (nSPS) is 13.5. The number of rotatable bonds is 1. The third-order valence-corrected chi connectivity index (χ3v) is 2.80. The van der Waals surface area contributed by atoms with Gasteiger partial charge >= 0.3 is 6.03 Å². The Kier molecular flexibility index (Phi) is 2.29. The van der Waals surface area contributed by atoms with Gasteiger partial charge in [0.2, 0.25) is 5.88 Å². The number of amides is 2. The molecule has 0 aliphatic carbocycles.